The molecule has 0 radical (unpaired) electrons. The van der Waals surface area contributed by atoms with E-state index in [1.165, 1.54) is 24.9 Å². The van der Waals surface area contributed by atoms with Gasteiger partial charge in [0.25, 0.3) is 5.91 Å². The van der Waals surface area contributed by atoms with Crippen LogP contribution in [0.2, 0.25) is 0 Å². The van der Waals surface area contributed by atoms with Crippen molar-refractivity contribution < 1.29 is 4.79 Å². The highest BCUT2D eigenvalue weighted by Crippen LogP contribution is 2.27. The molecular weight excluding hydrogens is 446 g/mol. The van der Waals surface area contributed by atoms with Crippen LogP contribution in [0.1, 0.15) is 63.2 Å². The van der Waals surface area contributed by atoms with E-state index in [1.807, 2.05) is 24.3 Å². The van der Waals surface area contributed by atoms with Crippen LogP contribution in [0.15, 0.2) is 54.6 Å². The molecule has 1 amide bonds. The summed E-state index contributed by atoms with van der Waals surface area (Å²) in [7, 11) is 0. The summed E-state index contributed by atoms with van der Waals surface area (Å²) in [5.74, 6) is -0.0176. The standard InChI is InChI=1S/C30H41N5O/c1-4-34(5-2)19-9-10-23(3)31-30(36)26-13-11-24(12-14-26)28-22-29(33-32-28)25-15-17-27(18-16-25)35-20-7-6-8-21-35/h11-18,22-23H,4-10,19-21H2,1-3H3,(H,31,36)(H,32,33). The highest BCUT2D eigenvalue weighted by atomic mass is 16.1. The number of hydrogen-bond acceptors (Lipinski definition) is 4. The number of aromatic nitrogens is 2. The Morgan fingerprint density at radius 1 is 1.00 bits per heavy atom. The highest BCUT2D eigenvalue weighted by molar-refractivity contribution is 5.94. The van der Waals surface area contributed by atoms with Crippen molar-refractivity contribution in [2.45, 2.75) is 58.9 Å². The number of hydrogen-bond donors (Lipinski definition) is 2. The number of nitrogens with zero attached hydrogens (tertiary/aromatic N) is 3. The van der Waals surface area contributed by atoms with Crippen molar-refractivity contribution in [3.05, 3.63) is 60.2 Å². The number of carbonyl (C=O) groups excluding carboxylic acids is 1. The Morgan fingerprint density at radius 2 is 1.67 bits per heavy atom. The lowest BCUT2D eigenvalue weighted by Crippen LogP contribution is -2.33. The van der Waals surface area contributed by atoms with Crippen LogP contribution < -0.4 is 10.2 Å². The van der Waals surface area contributed by atoms with E-state index in [1.54, 1.807) is 0 Å². The van der Waals surface area contributed by atoms with E-state index in [9.17, 15) is 4.79 Å². The van der Waals surface area contributed by atoms with Crippen molar-refractivity contribution in [2.75, 3.05) is 37.6 Å². The highest BCUT2D eigenvalue weighted by Gasteiger charge is 2.13. The second-order valence-electron chi connectivity index (χ2n) is 9.88. The summed E-state index contributed by atoms with van der Waals surface area (Å²) in [6.45, 7) is 12.0. The van der Waals surface area contributed by atoms with Crippen molar-refractivity contribution in [3.63, 3.8) is 0 Å². The van der Waals surface area contributed by atoms with Gasteiger partial charge in [0.1, 0.15) is 0 Å². The first-order chi connectivity index (χ1) is 17.6. The van der Waals surface area contributed by atoms with E-state index in [-0.39, 0.29) is 11.9 Å². The maximum Gasteiger partial charge on any atom is 0.251 e. The van der Waals surface area contributed by atoms with Gasteiger partial charge >= 0.3 is 0 Å². The SMILES string of the molecule is CCN(CC)CCCC(C)NC(=O)c1ccc(-c2cc(-c3ccc(N4CCCCC4)cc3)n[nH]2)cc1. The third-order valence-electron chi connectivity index (χ3n) is 7.30. The number of nitrogens with one attached hydrogen (secondary N) is 2. The molecule has 2 heterocycles. The molecule has 6 heteroatoms. The fourth-order valence-corrected chi connectivity index (χ4v) is 4.95. The number of anilines is 1. The van der Waals surface area contributed by atoms with Crippen LogP contribution in [0.5, 0.6) is 0 Å². The summed E-state index contributed by atoms with van der Waals surface area (Å²) in [4.78, 5) is 17.6. The Bertz CT molecular complexity index is 1080. The largest absolute Gasteiger partial charge is 0.372 e. The number of amides is 1. The summed E-state index contributed by atoms with van der Waals surface area (Å²) in [6.07, 6.45) is 5.97. The number of H-pyrrole nitrogens is 1. The maximum atomic E-state index is 12.7. The molecule has 1 aliphatic rings. The van der Waals surface area contributed by atoms with E-state index in [2.05, 4.69) is 76.4 Å². The average Bonchev–Trinajstić information content (AvgIpc) is 3.42. The third kappa shape index (κ3) is 6.76. The van der Waals surface area contributed by atoms with E-state index in [0.29, 0.717) is 5.56 Å². The van der Waals surface area contributed by atoms with Gasteiger partial charge in [0, 0.05) is 35.9 Å². The molecule has 0 saturated carbocycles. The predicted molar refractivity (Wildman–Crippen MR) is 149 cm³/mol. The molecule has 2 aromatic carbocycles. The first kappa shape index (κ1) is 26.0. The van der Waals surface area contributed by atoms with E-state index >= 15 is 0 Å². The topological polar surface area (TPSA) is 64.3 Å². The minimum absolute atomic E-state index is 0.0176. The van der Waals surface area contributed by atoms with Gasteiger partial charge in [-0.05, 0) is 94.6 Å². The summed E-state index contributed by atoms with van der Waals surface area (Å²) < 4.78 is 0. The Morgan fingerprint density at radius 3 is 2.33 bits per heavy atom. The summed E-state index contributed by atoms with van der Waals surface area (Å²) in [5, 5.41) is 10.8. The first-order valence-corrected chi connectivity index (χ1v) is 13.6. The smallest absolute Gasteiger partial charge is 0.251 e. The molecular formula is C30H41N5O. The molecule has 0 bridgehead atoms. The molecule has 3 aromatic rings. The van der Waals surface area contributed by atoms with E-state index in [4.69, 9.17) is 0 Å². The normalized spacial score (nSPS) is 14.7. The van der Waals surface area contributed by atoms with Gasteiger partial charge in [-0.3, -0.25) is 9.89 Å². The molecule has 1 saturated heterocycles. The molecule has 36 heavy (non-hydrogen) atoms. The molecule has 2 N–H and O–H groups in total. The van der Waals surface area contributed by atoms with Gasteiger partial charge in [-0.15, -0.1) is 0 Å². The quantitative estimate of drug-likeness (QED) is 0.349. The van der Waals surface area contributed by atoms with Gasteiger partial charge in [0.2, 0.25) is 0 Å². The molecule has 6 nitrogen and oxygen atoms in total. The maximum absolute atomic E-state index is 12.7. The molecule has 1 unspecified atom stereocenters. The number of benzene rings is 2. The number of rotatable bonds is 11. The molecule has 1 fully saturated rings. The number of piperidine rings is 1. The fourth-order valence-electron chi connectivity index (χ4n) is 4.95. The average molecular weight is 488 g/mol. The zero-order valence-electron chi connectivity index (χ0n) is 22.1. The molecule has 4 rings (SSSR count). The lowest BCUT2D eigenvalue weighted by molar-refractivity contribution is 0.0937. The summed E-state index contributed by atoms with van der Waals surface area (Å²) in [6, 6.07) is 18.7. The number of carbonyl (C=O) groups is 1. The van der Waals surface area contributed by atoms with Crippen molar-refractivity contribution >= 4 is 11.6 Å². The minimum atomic E-state index is -0.0176. The van der Waals surface area contributed by atoms with Crippen LogP contribution in [0.4, 0.5) is 5.69 Å². The van der Waals surface area contributed by atoms with Crippen molar-refractivity contribution in [1.29, 1.82) is 0 Å². The van der Waals surface area contributed by atoms with Gasteiger partial charge in [0.15, 0.2) is 0 Å². The monoisotopic (exact) mass is 487 g/mol. The molecule has 0 aliphatic carbocycles. The predicted octanol–water partition coefficient (Wildman–Crippen LogP) is 5.97. The molecule has 192 valence electrons. The van der Waals surface area contributed by atoms with Crippen molar-refractivity contribution in [3.8, 4) is 22.5 Å². The fraction of sp³-hybridized carbons (Fsp3) is 0.467. The van der Waals surface area contributed by atoms with Crippen LogP contribution >= 0.6 is 0 Å². The third-order valence-corrected chi connectivity index (χ3v) is 7.30. The summed E-state index contributed by atoms with van der Waals surface area (Å²) >= 11 is 0. The Labute approximate surface area is 216 Å². The lowest BCUT2D eigenvalue weighted by Gasteiger charge is -2.28. The second-order valence-corrected chi connectivity index (χ2v) is 9.88. The minimum Gasteiger partial charge on any atom is -0.372 e. The molecule has 1 aliphatic heterocycles. The van der Waals surface area contributed by atoms with Gasteiger partial charge in [-0.25, -0.2) is 0 Å². The Kier molecular flexibility index (Phi) is 9.17. The van der Waals surface area contributed by atoms with E-state index < -0.39 is 0 Å². The van der Waals surface area contributed by atoms with Crippen molar-refractivity contribution in [2.24, 2.45) is 0 Å². The van der Waals surface area contributed by atoms with Gasteiger partial charge in [-0.2, -0.15) is 5.10 Å². The zero-order valence-corrected chi connectivity index (χ0v) is 22.1. The van der Waals surface area contributed by atoms with Gasteiger partial charge in [-0.1, -0.05) is 38.1 Å². The molecule has 1 atom stereocenters. The summed E-state index contributed by atoms with van der Waals surface area (Å²) in [5.41, 5.74) is 5.97. The Hall–Kier alpha value is -3.12. The molecule has 1 aromatic heterocycles. The van der Waals surface area contributed by atoms with E-state index in [0.717, 1.165) is 68.1 Å². The van der Waals surface area contributed by atoms with Gasteiger partial charge < -0.3 is 15.1 Å². The lowest BCUT2D eigenvalue weighted by atomic mass is 10.1. The van der Waals surface area contributed by atoms with Crippen LogP contribution in [0.25, 0.3) is 22.5 Å². The number of aromatic amines is 1. The zero-order chi connectivity index (χ0) is 25.3. The first-order valence-electron chi connectivity index (χ1n) is 13.6. The van der Waals surface area contributed by atoms with Gasteiger partial charge in [0.05, 0.1) is 11.4 Å². The Balaban J connectivity index is 1.32. The van der Waals surface area contributed by atoms with Crippen LogP contribution in [0.3, 0.4) is 0 Å². The second kappa shape index (κ2) is 12.7. The van der Waals surface area contributed by atoms with Crippen LogP contribution in [-0.4, -0.2) is 59.8 Å². The van der Waals surface area contributed by atoms with Crippen LogP contribution in [-0.2, 0) is 0 Å². The van der Waals surface area contributed by atoms with Crippen molar-refractivity contribution in [1.82, 2.24) is 20.4 Å². The molecule has 0 spiro atoms. The van der Waals surface area contributed by atoms with Crippen LogP contribution in [0, 0.1) is 0 Å².